The molecule has 1 aromatic carbocycles. The Morgan fingerprint density at radius 1 is 1.16 bits per heavy atom. The van der Waals surface area contributed by atoms with Gasteiger partial charge in [-0.2, -0.15) is 5.10 Å². The highest BCUT2D eigenvalue weighted by molar-refractivity contribution is 5.49. The second kappa shape index (κ2) is 5.34. The second-order valence-corrected chi connectivity index (χ2v) is 5.12. The first-order chi connectivity index (χ1) is 9.31. The van der Waals surface area contributed by atoms with Crippen molar-refractivity contribution in [3.05, 3.63) is 42.2 Å². The van der Waals surface area contributed by atoms with Gasteiger partial charge >= 0.3 is 0 Å². The number of nitrogens with one attached hydrogen (secondary N) is 1. The van der Waals surface area contributed by atoms with Crippen LogP contribution in [0.4, 0.5) is 11.4 Å². The first kappa shape index (κ1) is 12.1. The molecule has 0 spiro atoms. The average Bonchev–Trinajstić information content (AvgIpc) is 3.08. The monoisotopic (exact) mass is 256 g/mol. The minimum Gasteiger partial charge on any atom is -0.378 e. The van der Waals surface area contributed by atoms with Crippen molar-refractivity contribution in [3.8, 4) is 0 Å². The molecule has 0 amide bonds. The Morgan fingerprint density at radius 2 is 1.89 bits per heavy atom. The van der Waals surface area contributed by atoms with E-state index in [0.717, 1.165) is 12.2 Å². The Labute approximate surface area is 114 Å². The molecule has 1 fully saturated rings. The van der Waals surface area contributed by atoms with Gasteiger partial charge in [-0.25, -0.2) is 0 Å². The molecule has 0 unspecified atom stereocenters. The minimum atomic E-state index is 0.839. The number of rotatable bonds is 4. The highest BCUT2D eigenvalue weighted by Crippen LogP contribution is 2.20. The first-order valence-corrected chi connectivity index (χ1v) is 6.88. The molecular weight excluding hydrogens is 236 g/mol. The first-order valence-electron chi connectivity index (χ1n) is 6.88. The van der Waals surface area contributed by atoms with Crippen LogP contribution in [-0.4, -0.2) is 22.9 Å². The summed E-state index contributed by atoms with van der Waals surface area (Å²) < 4.78 is 1.80. The van der Waals surface area contributed by atoms with Crippen molar-refractivity contribution in [2.75, 3.05) is 23.3 Å². The molecule has 0 radical (unpaired) electrons. The molecule has 100 valence electrons. The zero-order chi connectivity index (χ0) is 13.1. The predicted octanol–water partition coefficient (Wildman–Crippen LogP) is 2.63. The largest absolute Gasteiger partial charge is 0.378 e. The van der Waals surface area contributed by atoms with Crippen LogP contribution in [0.25, 0.3) is 0 Å². The van der Waals surface area contributed by atoms with Crippen LogP contribution in [-0.2, 0) is 13.6 Å². The molecule has 3 rings (SSSR count). The van der Waals surface area contributed by atoms with Crippen molar-refractivity contribution in [2.24, 2.45) is 7.05 Å². The van der Waals surface area contributed by atoms with E-state index in [1.165, 1.54) is 37.2 Å². The van der Waals surface area contributed by atoms with Crippen LogP contribution in [0.15, 0.2) is 36.7 Å². The fraction of sp³-hybridized carbons (Fsp3) is 0.400. The lowest BCUT2D eigenvalue weighted by Crippen LogP contribution is -2.17. The smallest absolute Gasteiger partial charge is 0.0729 e. The van der Waals surface area contributed by atoms with E-state index in [2.05, 4.69) is 39.6 Å². The van der Waals surface area contributed by atoms with Gasteiger partial charge < -0.3 is 10.2 Å². The zero-order valence-electron chi connectivity index (χ0n) is 11.3. The van der Waals surface area contributed by atoms with E-state index in [1.54, 1.807) is 4.68 Å². The Bertz CT molecular complexity index is 523. The number of benzene rings is 1. The summed E-state index contributed by atoms with van der Waals surface area (Å²) in [6, 6.07) is 8.87. The molecule has 4 heteroatoms. The number of aryl methyl sites for hydroxylation is 1. The molecule has 0 bridgehead atoms. The summed E-state index contributed by atoms with van der Waals surface area (Å²) in [5.41, 5.74) is 3.71. The summed E-state index contributed by atoms with van der Waals surface area (Å²) in [7, 11) is 1.93. The van der Waals surface area contributed by atoms with E-state index in [4.69, 9.17) is 0 Å². The van der Waals surface area contributed by atoms with Crippen molar-refractivity contribution in [2.45, 2.75) is 19.4 Å². The molecular formula is C15H20N4. The van der Waals surface area contributed by atoms with E-state index >= 15 is 0 Å². The second-order valence-electron chi connectivity index (χ2n) is 5.12. The highest BCUT2D eigenvalue weighted by Gasteiger charge is 2.11. The van der Waals surface area contributed by atoms with Gasteiger partial charge in [0.2, 0.25) is 0 Å². The normalized spacial score (nSPS) is 14.9. The fourth-order valence-corrected chi connectivity index (χ4v) is 2.52. The molecule has 2 aromatic rings. The zero-order valence-corrected chi connectivity index (χ0v) is 11.3. The van der Waals surface area contributed by atoms with E-state index in [1.807, 2.05) is 19.4 Å². The molecule has 4 nitrogen and oxygen atoms in total. The van der Waals surface area contributed by atoms with Crippen molar-refractivity contribution < 1.29 is 0 Å². The van der Waals surface area contributed by atoms with Crippen LogP contribution < -0.4 is 10.2 Å². The molecule has 0 atom stereocenters. The van der Waals surface area contributed by atoms with Crippen LogP contribution in [0.1, 0.15) is 18.4 Å². The molecule has 19 heavy (non-hydrogen) atoms. The lowest BCUT2D eigenvalue weighted by atomic mass is 10.2. The van der Waals surface area contributed by atoms with Gasteiger partial charge in [0.25, 0.3) is 0 Å². The SMILES string of the molecule is Cn1cc(NCc2ccc(N3CCCC3)cc2)cn1. The molecule has 1 aliphatic rings. The van der Waals surface area contributed by atoms with Gasteiger partial charge in [-0.15, -0.1) is 0 Å². The number of aromatic nitrogens is 2. The molecule has 2 heterocycles. The topological polar surface area (TPSA) is 33.1 Å². The van der Waals surface area contributed by atoms with Crippen molar-refractivity contribution >= 4 is 11.4 Å². The maximum atomic E-state index is 4.14. The molecule has 0 saturated carbocycles. The van der Waals surface area contributed by atoms with Gasteiger partial charge in [-0.05, 0) is 30.5 Å². The average molecular weight is 256 g/mol. The van der Waals surface area contributed by atoms with E-state index in [9.17, 15) is 0 Å². The quantitative estimate of drug-likeness (QED) is 0.913. The summed E-state index contributed by atoms with van der Waals surface area (Å²) in [5.74, 6) is 0. The third kappa shape index (κ3) is 2.89. The number of hydrogen-bond donors (Lipinski definition) is 1. The summed E-state index contributed by atoms with van der Waals surface area (Å²) in [4.78, 5) is 2.46. The van der Waals surface area contributed by atoms with Crippen molar-refractivity contribution in [1.82, 2.24) is 9.78 Å². The summed E-state index contributed by atoms with van der Waals surface area (Å²) in [6.45, 7) is 3.24. The Hall–Kier alpha value is -1.97. The molecule has 1 aliphatic heterocycles. The number of hydrogen-bond acceptors (Lipinski definition) is 3. The van der Waals surface area contributed by atoms with E-state index < -0.39 is 0 Å². The minimum absolute atomic E-state index is 0.839. The Kier molecular flexibility index (Phi) is 3.40. The maximum Gasteiger partial charge on any atom is 0.0729 e. The maximum absolute atomic E-state index is 4.14. The van der Waals surface area contributed by atoms with Gasteiger partial charge in [0.15, 0.2) is 0 Å². The molecule has 0 aliphatic carbocycles. The van der Waals surface area contributed by atoms with Crippen LogP contribution in [0.3, 0.4) is 0 Å². The van der Waals surface area contributed by atoms with Gasteiger partial charge in [0.05, 0.1) is 11.9 Å². The molecule has 1 N–H and O–H groups in total. The number of nitrogens with zero attached hydrogens (tertiary/aromatic N) is 3. The lowest BCUT2D eigenvalue weighted by Gasteiger charge is -2.17. The third-order valence-corrected chi connectivity index (χ3v) is 3.61. The standard InChI is InChI=1S/C15H20N4/c1-18-12-14(11-17-18)16-10-13-4-6-15(7-5-13)19-8-2-3-9-19/h4-7,11-12,16H,2-3,8-10H2,1H3. The van der Waals surface area contributed by atoms with Gasteiger partial charge in [-0.3, -0.25) is 4.68 Å². The van der Waals surface area contributed by atoms with Crippen LogP contribution >= 0.6 is 0 Å². The molecule has 1 aromatic heterocycles. The summed E-state index contributed by atoms with van der Waals surface area (Å²) >= 11 is 0. The highest BCUT2D eigenvalue weighted by atomic mass is 15.3. The Balaban J connectivity index is 1.59. The fourth-order valence-electron chi connectivity index (χ4n) is 2.52. The van der Waals surface area contributed by atoms with Gasteiger partial charge in [0.1, 0.15) is 0 Å². The summed E-state index contributed by atoms with van der Waals surface area (Å²) in [5, 5.41) is 7.52. The lowest BCUT2D eigenvalue weighted by molar-refractivity contribution is 0.768. The van der Waals surface area contributed by atoms with Crippen LogP contribution in [0.5, 0.6) is 0 Å². The molecule has 1 saturated heterocycles. The van der Waals surface area contributed by atoms with Crippen molar-refractivity contribution in [1.29, 1.82) is 0 Å². The van der Waals surface area contributed by atoms with E-state index in [0.29, 0.717) is 0 Å². The third-order valence-electron chi connectivity index (χ3n) is 3.61. The van der Waals surface area contributed by atoms with Gasteiger partial charge in [0, 0.05) is 38.6 Å². The predicted molar refractivity (Wildman–Crippen MR) is 78.4 cm³/mol. The van der Waals surface area contributed by atoms with E-state index in [-0.39, 0.29) is 0 Å². The van der Waals surface area contributed by atoms with Crippen LogP contribution in [0, 0.1) is 0 Å². The Morgan fingerprint density at radius 3 is 2.53 bits per heavy atom. The van der Waals surface area contributed by atoms with Crippen molar-refractivity contribution in [3.63, 3.8) is 0 Å². The van der Waals surface area contributed by atoms with Gasteiger partial charge in [-0.1, -0.05) is 12.1 Å². The number of anilines is 2. The summed E-state index contributed by atoms with van der Waals surface area (Å²) in [6.07, 6.45) is 6.48. The van der Waals surface area contributed by atoms with Crippen LogP contribution in [0.2, 0.25) is 0 Å².